The van der Waals surface area contributed by atoms with E-state index < -0.39 is 21.7 Å². The molecule has 1 amide bonds. The van der Waals surface area contributed by atoms with Gasteiger partial charge in [0.2, 0.25) is 10.0 Å². The minimum Gasteiger partial charge on any atom is -0.444 e. The number of amides is 1. The predicted molar refractivity (Wildman–Crippen MR) is 91.2 cm³/mol. The van der Waals surface area contributed by atoms with Crippen molar-refractivity contribution in [1.29, 1.82) is 0 Å². The van der Waals surface area contributed by atoms with Gasteiger partial charge in [0.25, 0.3) is 0 Å². The Morgan fingerprint density at radius 1 is 1.17 bits per heavy atom. The number of hydrogen-bond acceptors (Lipinski definition) is 5. The first-order chi connectivity index (χ1) is 11.2. The molecule has 130 valence electrons. The molecule has 8 heteroatoms. The van der Waals surface area contributed by atoms with Crippen molar-refractivity contribution in [3.05, 3.63) is 36.5 Å². The number of carbonyl (C=O) groups excluding carboxylic acids is 1. The number of rotatable bonds is 5. The van der Waals surface area contributed by atoms with Gasteiger partial charge in [-0.05, 0) is 45.0 Å². The zero-order chi connectivity index (χ0) is 17.8. The summed E-state index contributed by atoms with van der Waals surface area (Å²) in [5.41, 5.74) is 0.00626. The monoisotopic (exact) mass is 351 g/mol. The van der Waals surface area contributed by atoms with Gasteiger partial charge >= 0.3 is 6.09 Å². The SMILES string of the molecule is CC(C)(C)OC(=O)NCCNS(=O)(=O)c1cccc2ncccc12. The van der Waals surface area contributed by atoms with Crippen LogP contribution in [0, 0.1) is 0 Å². The van der Waals surface area contributed by atoms with E-state index in [1.807, 2.05) is 0 Å². The van der Waals surface area contributed by atoms with Gasteiger partial charge in [-0.25, -0.2) is 17.9 Å². The van der Waals surface area contributed by atoms with E-state index in [1.54, 1.807) is 51.2 Å². The molecule has 1 aromatic carbocycles. The summed E-state index contributed by atoms with van der Waals surface area (Å²) < 4.78 is 32.4. The molecular formula is C16H21N3O4S. The number of pyridine rings is 1. The van der Waals surface area contributed by atoms with Crippen LogP contribution >= 0.6 is 0 Å². The second-order valence-corrected chi connectivity index (χ2v) is 7.89. The van der Waals surface area contributed by atoms with Gasteiger partial charge < -0.3 is 10.1 Å². The van der Waals surface area contributed by atoms with Crippen molar-refractivity contribution >= 4 is 27.0 Å². The number of fused-ring (bicyclic) bond motifs is 1. The van der Waals surface area contributed by atoms with E-state index in [2.05, 4.69) is 15.0 Å². The molecule has 7 nitrogen and oxygen atoms in total. The van der Waals surface area contributed by atoms with Crippen molar-refractivity contribution in [3.8, 4) is 0 Å². The maximum Gasteiger partial charge on any atom is 0.407 e. The molecular weight excluding hydrogens is 330 g/mol. The molecule has 0 radical (unpaired) electrons. The van der Waals surface area contributed by atoms with Crippen LogP contribution in [0.25, 0.3) is 10.9 Å². The van der Waals surface area contributed by atoms with E-state index in [0.717, 1.165) is 0 Å². The standard InChI is InChI=1S/C16H21N3O4S/c1-16(2,3)23-15(20)18-10-11-19-24(21,22)14-8-4-7-13-12(14)6-5-9-17-13/h4-9,19H,10-11H2,1-3H3,(H,18,20). The van der Waals surface area contributed by atoms with E-state index in [0.29, 0.717) is 10.9 Å². The minimum absolute atomic E-state index is 0.0538. The zero-order valence-electron chi connectivity index (χ0n) is 13.9. The quantitative estimate of drug-likeness (QED) is 0.804. The number of sulfonamides is 1. The van der Waals surface area contributed by atoms with E-state index >= 15 is 0 Å². The second kappa shape index (κ2) is 7.14. The van der Waals surface area contributed by atoms with Crippen LogP contribution < -0.4 is 10.0 Å². The van der Waals surface area contributed by atoms with E-state index in [-0.39, 0.29) is 18.0 Å². The highest BCUT2D eigenvalue weighted by Crippen LogP contribution is 2.20. The molecule has 0 atom stereocenters. The van der Waals surface area contributed by atoms with Gasteiger partial charge in [0.15, 0.2) is 0 Å². The van der Waals surface area contributed by atoms with Gasteiger partial charge in [-0.2, -0.15) is 0 Å². The van der Waals surface area contributed by atoms with Gasteiger partial charge in [0, 0.05) is 24.7 Å². The van der Waals surface area contributed by atoms with Crippen LogP contribution in [0.4, 0.5) is 4.79 Å². The lowest BCUT2D eigenvalue weighted by Crippen LogP contribution is -2.37. The number of hydrogen-bond donors (Lipinski definition) is 2. The summed E-state index contributed by atoms with van der Waals surface area (Å²) in [4.78, 5) is 15.8. The largest absolute Gasteiger partial charge is 0.444 e. The van der Waals surface area contributed by atoms with Crippen molar-refractivity contribution in [1.82, 2.24) is 15.0 Å². The van der Waals surface area contributed by atoms with Crippen LogP contribution in [0.5, 0.6) is 0 Å². The molecule has 0 spiro atoms. The fraction of sp³-hybridized carbons (Fsp3) is 0.375. The minimum atomic E-state index is -3.70. The van der Waals surface area contributed by atoms with Crippen LogP contribution in [0.1, 0.15) is 20.8 Å². The van der Waals surface area contributed by atoms with Crippen molar-refractivity contribution < 1.29 is 17.9 Å². The number of aromatic nitrogens is 1. The molecule has 2 N–H and O–H groups in total. The van der Waals surface area contributed by atoms with Gasteiger partial charge in [-0.1, -0.05) is 6.07 Å². The normalized spacial score (nSPS) is 12.1. The molecule has 0 aliphatic rings. The van der Waals surface area contributed by atoms with Crippen molar-refractivity contribution in [3.63, 3.8) is 0 Å². The molecule has 0 aliphatic carbocycles. The van der Waals surface area contributed by atoms with Crippen LogP contribution in [0.15, 0.2) is 41.4 Å². The van der Waals surface area contributed by atoms with Gasteiger partial charge in [0.05, 0.1) is 10.4 Å². The molecule has 0 saturated heterocycles. The van der Waals surface area contributed by atoms with Crippen LogP contribution in [-0.4, -0.2) is 38.2 Å². The summed E-state index contributed by atoms with van der Waals surface area (Å²) in [6.07, 6.45) is 1.02. The molecule has 2 rings (SSSR count). The van der Waals surface area contributed by atoms with Crippen LogP contribution in [0.3, 0.4) is 0 Å². The van der Waals surface area contributed by atoms with Crippen molar-refractivity contribution in [2.45, 2.75) is 31.3 Å². The average molecular weight is 351 g/mol. The van der Waals surface area contributed by atoms with Gasteiger partial charge in [0.1, 0.15) is 5.60 Å². The lowest BCUT2D eigenvalue weighted by molar-refractivity contribution is 0.0529. The molecule has 1 aromatic heterocycles. The Labute approximate surface area is 141 Å². The van der Waals surface area contributed by atoms with E-state index in [4.69, 9.17) is 4.74 Å². The Morgan fingerprint density at radius 3 is 2.62 bits per heavy atom. The first kappa shape index (κ1) is 18.2. The maximum atomic E-state index is 12.4. The third kappa shape index (κ3) is 4.90. The molecule has 24 heavy (non-hydrogen) atoms. The Morgan fingerprint density at radius 2 is 1.92 bits per heavy atom. The highest BCUT2D eigenvalue weighted by Gasteiger charge is 2.18. The van der Waals surface area contributed by atoms with E-state index in [9.17, 15) is 13.2 Å². The summed E-state index contributed by atoms with van der Waals surface area (Å²) in [6, 6.07) is 8.30. The number of ether oxygens (including phenoxy) is 1. The van der Waals surface area contributed by atoms with Gasteiger partial charge in [-0.15, -0.1) is 0 Å². The first-order valence-electron chi connectivity index (χ1n) is 7.49. The Hall–Kier alpha value is -2.19. The number of nitrogens with zero attached hydrogens (tertiary/aromatic N) is 1. The molecule has 0 aliphatic heterocycles. The van der Waals surface area contributed by atoms with Crippen molar-refractivity contribution in [2.75, 3.05) is 13.1 Å². The third-order valence-corrected chi connectivity index (χ3v) is 4.50. The summed E-state index contributed by atoms with van der Waals surface area (Å²) in [5.74, 6) is 0. The maximum absolute atomic E-state index is 12.4. The number of carbonyl (C=O) groups is 1. The Balaban J connectivity index is 1.98. The molecule has 1 heterocycles. The topological polar surface area (TPSA) is 97.4 Å². The summed E-state index contributed by atoms with van der Waals surface area (Å²) in [5, 5.41) is 3.05. The van der Waals surface area contributed by atoms with Crippen LogP contribution in [-0.2, 0) is 14.8 Å². The predicted octanol–water partition coefficient (Wildman–Crippen LogP) is 2.04. The average Bonchev–Trinajstić information content (AvgIpc) is 2.49. The Bertz CT molecular complexity index is 823. The second-order valence-electron chi connectivity index (χ2n) is 6.15. The third-order valence-electron chi connectivity index (χ3n) is 2.98. The lowest BCUT2D eigenvalue weighted by atomic mass is 10.2. The molecule has 0 saturated carbocycles. The molecule has 0 unspecified atom stereocenters. The van der Waals surface area contributed by atoms with Gasteiger partial charge in [-0.3, -0.25) is 4.98 Å². The summed E-state index contributed by atoms with van der Waals surface area (Å²) >= 11 is 0. The smallest absolute Gasteiger partial charge is 0.407 e. The highest BCUT2D eigenvalue weighted by atomic mass is 32.2. The molecule has 2 aromatic rings. The summed E-state index contributed by atoms with van der Waals surface area (Å²) in [7, 11) is -3.70. The first-order valence-corrected chi connectivity index (χ1v) is 8.98. The lowest BCUT2D eigenvalue weighted by Gasteiger charge is -2.19. The number of nitrogens with one attached hydrogen (secondary N) is 2. The molecule has 0 fully saturated rings. The fourth-order valence-electron chi connectivity index (χ4n) is 2.05. The van der Waals surface area contributed by atoms with E-state index in [1.165, 1.54) is 6.07 Å². The fourth-order valence-corrected chi connectivity index (χ4v) is 3.30. The zero-order valence-corrected chi connectivity index (χ0v) is 14.7. The molecule has 0 bridgehead atoms. The summed E-state index contributed by atoms with van der Waals surface area (Å²) in [6.45, 7) is 5.44. The van der Waals surface area contributed by atoms with Crippen LogP contribution in [0.2, 0.25) is 0 Å². The number of alkyl carbamates (subject to hydrolysis) is 1. The number of benzene rings is 1. The highest BCUT2D eigenvalue weighted by molar-refractivity contribution is 7.89. The van der Waals surface area contributed by atoms with Crippen molar-refractivity contribution in [2.24, 2.45) is 0 Å². The Kier molecular flexibility index (Phi) is 5.40.